The van der Waals surface area contributed by atoms with Crippen molar-refractivity contribution in [2.24, 2.45) is 0 Å². The van der Waals surface area contributed by atoms with Crippen LogP contribution in [0.3, 0.4) is 0 Å². The molecule has 0 atom stereocenters. The van der Waals surface area contributed by atoms with Gasteiger partial charge in [0.05, 0.1) is 31.0 Å². The SMILES string of the molecule is COCCOCCNC(=O)c1nc(C(C)C)ncc1Cl. The lowest BCUT2D eigenvalue weighted by atomic mass is 10.2. The number of amides is 1. The summed E-state index contributed by atoms with van der Waals surface area (Å²) >= 11 is 5.94. The summed E-state index contributed by atoms with van der Waals surface area (Å²) < 4.78 is 10.1. The third-order valence-electron chi connectivity index (χ3n) is 2.46. The van der Waals surface area contributed by atoms with Gasteiger partial charge in [-0.05, 0) is 0 Å². The summed E-state index contributed by atoms with van der Waals surface area (Å²) in [7, 11) is 1.61. The van der Waals surface area contributed by atoms with E-state index in [2.05, 4.69) is 15.3 Å². The number of carbonyl (C=O) groups is 1. The molecule has 6 nitrogen and oxygen atoms in total. The fourth-order valence-corrected chi connectivity index (χ4v) is 1.56. The van der Waals surface area contributed by atoms with E-state index in [-0.39, 0.29) is 22.5 Å². The topological polar surface area (TPSA) is 73.3 Å². The molecule has 1 heterocycles. The molecule has 0 saturated carbocycles. The zero-order valence-electron chi connectivity index (χ0n) is 12.0. The van der Waals surface area contributed by atoms with Crippen molar-refractivity contribution in [3.8, 4) is 0 Å². The van der Waals surface area contributed by atoms with E-state index in [0.717, 1.165) is 0 Å². The summed E-state index contributed by atoms with van der Waals surface area (Å²) in [6, 6.07) is 0. The third kappa shape index (κ3) is 5.40. The minimum absolute atomic E-state index is 0.135. The Hall–Kier alpha value is -1.24. The highest BCUT2D eigenvalue weighted by Crippen LogP contribution is 2.16. The molecule has 0 aliphatic rings. The Balaban J connectivity index is 2.48. The number of methoxy groups -OCH3 is 1. The van der Waals surface area contributed by atoms with E-state index < -0.39 is 0 Å². The van der Waals surface area contributed by atoms with Crippen LogP contribution in [0.15, 0.2) is 6.20 Å². The fraction of sp³-hybridized carbons (Fsp3) is 0.615. The minimum Gasteiger partial charge on any atom is -0.382 e. The molecular weight excluding hydrogens is 282 g/mol. The average molecular weight is 302 g/mol. The standard InChI is InChI=1S/C13H20ClN3O3/c1-9(2)12-16-8-10(14)11(17-12)13(18)15-4-5-20-7-6-19-3/h8-9H,4-7H2,1-3H3,(H,15,18). The number of aromatic nitrogens is 2. The molecule has 0 bridgehead atoms. The third-order valence-corrected chi connectivity index (χ3v) is 2.73. The Morgan fingerprint density at radius 1 is 1.40 bits per heavy atom. The second kappa shape index (κ2) is 8.84. The van der Waals surface area contributed by atoms with Crippen LogP contribution in [0.2, 0.25) is 5.02 Å². The number of nitrogens with zero attached hydrogens (tertiary/aromatic N) is 2. The van der Waals surface area contributed by atoms with Crippen molar-refractivity contribution in [2.75, 3.05) is 33.5 Å². The number of rotatable bonds is 8. The molecule has 1 rings (SSSR count). The van der Waals surface area contributed by atoms with Gasteiger partial charge in [0.1, 0.15) is 11.5 Å². The van der Waals surface area contributed by atoms with Crippen LogP contribution < -0.4 is 5.32 Å². The highest BCUT2D eigenvalue weighted by Gasteiger charge is 2.14. The molecule has 20 heavy (non-hydrogen) atoms. The number of hydrogen-bond acceptors (Lipinski definition) is 5. The van der Waals surface area contributed by atoms with Gasteiger partial charge in [0.15, 0.2) is 0 Å². The predicted molar refractivity (Wildman–Crippen MR) is 76.2 cm³/mol. The lowest BCUT2D eigenvalue weighted by molar-refractivity contribution is 0.0691. The van der Waals surface area contributed by atoms with Gasteiger partial charge >= 0.3 is 0 Å². The molecule has 1 aromatic rings. The maximum atomic E-state index is 12.0. The van der Waals surface area contributed by atoms with Gasteiger partial charge in [-0.25, -0.2) is 9.97 Å². The Kier molecular flexibility index (Phi) is 7.43. The van der Waals surface area contributed by atoms with Crippen LogP contribution in [0, 0.1) is 0 Å². The molecule has 0 radical (unpaired) electrons. The number of ether oxygens (including phenoxy) is 2. The number of hydrogen-bond donors (Lipinski definition) is 1. The number of nitrogens with one attached hydrogen (secondary N) is 1. The van der Waals surface area contributed by atoms with Crippen LogP contribution in [0.1, 0.15) is 36.1 Å². The van der Waals surface area contributed by atoms with E-state index in [1.54, 1.807) is 7.11 Å². The fourth-order valence-electron chi connectivity index (χ4n) is 1.38. The normalized spacial score (nSPS) is 10.8. The minimum atomic E-state index is -0.324. The Morgan fingerprint density at radius 3 is 2.80 bits per heavy atom. The predicted octanol–water partition coefficient (Wildman–Crippen LogP) is 1.65. The maximum Gasteiger partial charge on any atom is 0.271 e. The van der Waals surface area contributed by atoms with E-state index in [0.29, 0.717) is 32.2 Å². The first kappa shape index (κ1) is 16.8. The van der Waals surface area contributed by atoms with Crippen molar-refractivity contribution in [3.05, 3.63) is 22.7 Å². The van der Waals surface area contributed by atoms with Crippen molar-refractivity contribution in [1.29, 1.82) is 0 Å². The summed E-state index contributed by atoms with van der Waals surface area (Å²) in [6.45, 7) is 5.74. The molecule has 0 saturated heterocycles. The first-order valence-corrected chi connectivity index (χ1v) is 6.81. The number of halogens is 1. The monoisotopic (exact) mass is 301 g/mol. The maximum absolute atomic E-state index is 12.0. The quantitative estimate of drug-likeness (QED) is 0.739. The average Bonchev–Trinajstić information content (AvgIpc) is 2.42. The second-order valence-electron chi connectivity index (χ2n) is 4.44. The molecule has 1 N–H and O–H groups in total. The Labute approximate surface area is 123 Å². The molecule has 7 heteroatoms. The van der Waals surface area contributed by atoms with Crippen molar-refractivity contribution in [1.82, 2.24) is 15.3 Å². The highest BCUT2D eigenvalue weighted by molar-refractivity contribution is 6.33. The van der Waals surface area contributed by atoms with Gasteiger partial charge in [0.2, 0.25) is 0 Å². The van der Waals surface area contributed by atoms with Crippen LogP contribution in [-0.4, -0.2) is 49.4 Å². The summed E-state index contributed by atoms with van der Waals surface area (Å²) in [5, 5.41) is 2.95. The zero-order chi connectivity index (χ0) is 15.0. The summed E-state index contributed by atoms with van der Waals surface area (Å²) in [6.07, 6.45) is 1.45. The van der Waals surface area contributed by atoms with Gasteiger partial charge in [-0.2, -0.15) is 0 Å². The lowest BCUT2D eigenvalue weighted by Crippen LogP contribution is -2.29. The van der Waals surface area contributed by atoms with E-state index >= 15 is 0 Å². The Bertz CT molecular complexity index is 441. The van der Waals surface area contributed by atoms with E-state index in [9.17, 15) is 4.79 Å². The van der Waals surface area contributed by atoms with Crippen LogP contribution in [0.25, 0.3) is 0 Å². The van der Waals surface area contributed by atoms with E-state index in [4.69, 9.17) is 21.1 Å². The van der Waals surface area contributed by atoms with E-state index in [1.165, 1.54) is 6.20 Å². The van der Waals surface area contributed by atoms with Gasteiger partial charge in [-0.1, -0.05) is 25.4 Å². The van der Waals surface area contributed by atoms with Crippen LogP contribution in [0.4, 0.5) is 0 Å². The first-order valence-electron chi connectivity index (χ1n) is 6.43. The molecular formula is C13H20ClN3O3. The van der Waals surface area contributed by atoms with Gasteiger partial charge in [-0.3, -0.25) is 4.79 Å². The highest BCUT2D eigenvalue weighted by atomic mass is 35.5. The van der Waals surface area contributed by atoms with Crippen LogP contribution in [-0.2, 0) is 9.47 Å². The molecule has 0 aliphatic carbocycles. The van der Waals surface area contributed by atoms with Crippen molar-refractivity contribution in [2.45, 2.75) is 19.8 Å². The smallest absolute Gasteiger partial charge is 0.271 e. The van der Waals surface area contributed by atoms with Crippen molar-refractivity contribution >= 4 is 17.5 Å². The van der Waals surface area contributed by atoms with Gasteiger partial charge in [0.25, 0.3) is 5.91 Å². The summed E-state index contributed by atoms with van der Waals surface area (Å²) in [4.78, 5) is 20.2. The zero-order valence-corrected chi connectivity index (χ0v) is 12.7. The Morgan fingerprint density at radius 2 is 2.15 bits per heavy atom. The molecule has 0 fully saturated rings. The van der Waals surface area contributed by atoms with Gasteiger partial charge < -0.3 is 14.8 Å². The van der Waals surface area contributed by atoms with E-state index in [1.807, 2.05) is 13.8 Å². The lowest BCUT2D eigenvalue weighted by Gasteiger charge is -2.09. The van der Waals surface area contributed by atoms with Crippen LogP contribution in [0.5, 0.6) is 0 Å². The molecule has 0 unspecified atom stereocenters. The molecule has 1 amide bonds. The van der Waals surface area contributed by atoms with Gasteiger partial charge in [-0.15, -0.1) is 0 Å². The van der Waals surface area contributed by atoms with Crippen molar-refractivity contribution in [3.63, 3.8) is 0 Å². The van der Waals surface area contributed by atoms with Crippen molar-refractivity contribution < 1.29 is 14.3 Å². The second-order valence-corrected chi connectivity index (χ2v) is 4.85. The molecule has 0 spiro atoms. The number of carbonyl (C=O) groups excluding carboxylic acids is 1. The summed E-state index contributed by atoms with van der Waals surface area (Å²) in [5.41, 5.74) is 0.197. The summed E-state index contributed by atoms with van der Waals surface area (Å²) in [5.74, 6) is 0.404. The van der Waals surface area contributed by atoms with Gasteiger partial charge in [0, 0.05) is 19.6 Å². The molecule has 0 aliphatic heterocycles. The molecule has 1 aromatic heterocycles. The largest absolute Gasteiger partial charge is 0.382 e. The van der Waals surface area contributed by atoms with Crippen LogP contribution >= 0.6 is 11.6 Å². The molecule has 112 valence electrons. The molecule has 0 aromatic carbocycles. The first-order chi connectivity index (χ1) is 9.56.